The first-order chi connectivity index (χ1) is 12.2. The van der Waals surface area contributed by atoms with Gasteiger partial charge in [0.25, 0.3) is 0 Å². The molecule has 4 heteroatoms. The Bertz CT molecular complexity index is 1010. The van der Waals surface area contributed by atoms with Crippen molar-refractivity contribution in [1.82, 2.24) is 0 Å². The van der Waals surface area contributed by atoms with Crippen LogP contribution in [-0.4, -0.2) is 16.7 Å². The summed E-state index contributed by atoms with van der Waals surface area (Å²) in [7, 11) is 0. The summed E-state index contributed by atoms with van der Waals surface area (Å²) in [5, 5.41) is 13.1. The monoisotopic (exact) mass is 329 g/mol. The number of hydrogen-bond acceptors (Lipinski definition) is 4. The van der Waals surface area contributed by atoms with E-state index in [0.29, 0.717) is 34.5 Å². The van der Waals surface area contributed by atoms with E-state index in [1.54, 1.807) is 60.7 Å². The van der Waals surface area contributed by atoms with Crippen molar-refractivity contribution < 1.29 is 14.7 Å². The van der Waals surface area contributed by atoms with Crippen LogP contribution in [0.4, 0.5) is 5.69 Å². The molecule has 0 amide bonds. The topological polar surface area (TPSA) is 66.4 Å². The van der Waals surface area contributed by atoms with Crippen LogP contribution in [0, 0.1) is 0 Å². The third-order valence-corrected chi connectivity index (χ3v) is 4.41. The lowest BCUT2D eigenvalue weighted by Crippen LogP contribution is -2.22. The zero-order valence-corrected chi connectivity index (χ0v) is 13.3. The standard InChI is InChI=1S/C21H15NO3/c23-18-11-4-1-6-13(18)12-22-17-10-5-9-16-19(17)21(25)15-8-3-2-7-14(15)20(16)24/h1-11,22-23H,12H2. The highest BCUT2D eigenvalue weighted by atomic mass is 16.3. The third kappa shape index (κ3) is 2.48. The average Bonchev–Trinajstić information content (AvgIpc) is 2.65. The molecule has 4 rings (SSSR count). The summed E-state index contributed by atoms with van der Waals surface area (Å²) in [6.07, 6.45) is 0. The molecule has 0 spiro atoms. The predicted octanol–water partition coefficient (Wildman–Crippen LogP) is 3.78. The van der Waals surface area contributed by atoms with Crippen molar-refractivity contribution in [3.63, 3.8) is 0 Å². The first-order valence-electron chi connectivity index (χ1n) is 7.99. The van der Waals surface area contributed by atoms with Crippen LogP contribution in [0.25, 0.3) is 0 Å². The Morgan fingerprint density at radius 2 is 1.36 bits per heavy atom. The summed E-state index contributed by atoms with van der Waals surface area (Å²) in [5.74, 6) is -0.116. The molecule has 3 aromatic carbocycles. The van der Waals surface area contributed by atoms with Crippen molar-refractivity contribution in [1.29, 1.82) is 0 Å². The zero-order valence-electron chi connectivity index (χ0n) is 13.3. The van der Waals surface area contributed by atoms with E-state index in [-0.39, 0.29) is 17.3 Å². The maximum atomic E-state index is 12.9. The van der Waals surface area contributed by atoms with Gasteiger partial charge in [0.2, 0.25) is 0 Å². The predicted molar refractivity (Wildman–Crippen MR) is 95.2 cm³/mol. The SMILES string of the molecule is O=C1c2ccccc2C(=O)c2c(NCc3ccccc3O)cccc21. The average molecular weight is 329 g/mol. The van der Waals surface area contributed by atoms with Crippen molar-refractivity contribution in [3.05, 3.63) is 94.5 Å². The molecule has 0 radical (unpaired) electrons. The first-order valence-corrected chi connectivity index (χ1v) is 7.99. The molecule has 0 fully saturated rings. The van der Waals surface area contributed by atoms with E-state index < -0.39 is 0 Å². The van der Waals surface area contributed by atoms with Crippen molar-refractivity contribution in [2.45, 2.75) is 6.54 Å². The number of hydrogen-bond donors (Lipinski definition) is 2. The summed E-state index contributed by atoms with van der Waals surface area (Å²) in [5.41, 5.74) is 2.98. The maximum Gasteiger partial charge on any atom is 0.196 e. The van der Waals surface area contributed by atoms with E-state index in [4.69, 9.17) is 0 Å². The van der Waals surface area contributed by atoms with Gasteiger partial charge >= 0.3 is 0 Å². The fourth-order valence-corrected chi connectivity index (χ4v) is 3.14. The molecule has 0 heterocycles. The van der Waals surface area contributed by atoms with Crippen molar-refractivity contribution >= 4 is 17.3 Å². The molecular weight excluding hydrogens is 314 g/mol. The third-order valence-electron chi connectivity index (χ3n) is 4.41. The van der Waals surface area contributed by atoms with Gasteiger partial charge in [-0.05, 0) is 12.1 Å². The van der Waals surface area contributed by atoms with E-state index in [1.807, 2.05) is 6.07 Å². The lowest BCUT2D eigenvalue weighted by atomic mass is 9.83. The highest BCUT2D eigenvalue weighted by Gasteiger charge is 2.31. The summed E-state index contributed by atoms with van der Waals surface area (Å²) < 4.78 is 0. The van der Waals surface area contributed by atoms with Crippen molar-refractivity contribution in [2.24, 2.45) is 0 Å². The first kappa shape index (κ1) is 15.1. The molecule has 0 aromatic heterocycles. The molecule has 25 heavy (non-hydrogen) atoms. The van der Waals surface area contributed by atoms with Crippen molar-refractivity contribution in [2.75, 3.05) is 5.32 Å². The molecule has 0 saturated heterocycles. The summed E-state index contributed by atoms with van der Waals surface area (Å²) in [6.45, 7) is 0.353. The van der Waals surface area contributed by atoms with Gasteiger partial charge in [0.15, 0.2) is 11.6 Å². The Labute approximate surface area is 144 Å². The molecule has 0 bridgehead atoms. The molecule has 4 nitrogen and oxygen atoms in total. The van der Waals surface area contributed by atoms with Crippen LogP contribution in [0.15, 0.2) is 66.7 Å². The highest BCUT2D eigenvalue weighted by molar-refractivity contribution is 6.30. The van der Waals surface area contributed by atoms with Crippen LogP contribution in [0.1, 0.15) is 37.4 Å². The van der Waals surface area contributed by atoms with Gasteiger partial charge in [-0.3, -0.25) is 9.59 Å². The summed E-state index contributed by atoms with van der Waals surface area (Å²) in [4.78, 5) is 25.6. The van der Waals surface area contributed by atoms with E-state index >= 15 is 0 Å². The van der Waals surface area contributed by atoms with Crippen LogP contribution < -0.4 is 5.32 Å². The number of nitrogens with one attached hydrogen (secondary N) is 1. The molecule has 2 N–H and O–H groups in total. The Hall–Kier alpha value is -3.40. The molecule has 0 aliphatic heterocycles. The number of aromatic hydroxyl groups is 1. The highest BCUT2D eigenvalue weighted by Crippen LogP contribution is 2.32. The van der Waals surface area contributed by atoms with Crippen LogP contribution >= 0.6 is 0 Å². The molecule has 1 aliphatic rings. The second kappa shape index (κ2) is 5.91. The van der Waals surface area contributed by atoms with Gasteiger partial charge < -0.3 is 10.4 Å². The Balaban J connectivity index is 1.74. The van der Waals surface area contributed by atoms with Crippen LogP contribution in [0.3, 0.4) is 0 Å². The van der Waals surface area contributed by atoms with Gasteiger partial charge in [-0.2, -0.15) is 0 Å². The fourth-order valence-electron chi connectivity index (χ4n) is 3.14. The van der Waals surface area contributed by atoms with Gasteiger partial charge in [-0.15, -0.1) is 0 Å². The number of phenolic OH excluding ortho intramolecular Hbond substituents is 1. The zero-order chi connectivity index (χ0) is 17.4. The minimum atomic E-state index is -0.161. The van der Waals surface area contributed by atoms with Gasteiger partial charge in [-0.1, -0.05) is 54.6 Å². The number of benzene rings is 3. The van der Waals surface area contributed by atoms with Crippen LogP contribution in [-0.2, 0) is 6.54 Å². The normalized spacial score (nSPS) is 12.5. The summed E-state index contributed by atoms with van der Waals surface area (Å²) >= 11 is 0. The second-order valence-corrected chi connectivity index (χ2v) is 5.91. The van der Waals surface area contributed by atoms with Gasteiger partial charge in [0, 0.05) is 34.5 Å². The van der Waals surface area contributed by atoms with E-state index in [1.165, 1.54) is 0 Å². The van der Waals surface area contributed by atoms with E-state index in [0.717, 1.165) is 5.56 Å². The Morgan fingerprint density at radius 1 is 0.720 bits per heavy atom. The minimum Gasteiger partial charge on any atom is -0.508 e. The second-order valence-electron chi connectivity index (χ2n) is 5.91. The molecular formula is C21H15NO3. The van der Waals surface area contributed by atoms with Crippen molar-refractivity contribution in [3.8, 4) is 5.75 Å². The molecule has 0 unspecified atom stereocenters. The maximum absolute atomic E-state index is 12.9. The van der Waals surface area contributed by atoms with Gasteiger partial charge in [0.05, 0.1) is 5.56 Å². The quantitative estimate of drug-likeness (QED) is 0.600. The van der Waals surface area contributed by atoms with E-state index in [9.17, 15) is 14.7 Å². The lowest BCUT2D eigenvalue weighted by Gasteiger charge is -2.20. The molecule has 122 valence electrons. The van der Waals surface area contributed by atoms with Crippen LogP contribution in [0.2, 0.25) is 0 Å². The molecule has 0 atom stereocenters. The Morgan fingerprint density at radius 3 is 2.12 bits per heavy atom. The number of para-hydroxylation sites is 1. The number of fused-ring (bicyclic) bond motifs is 2. The number of carbonyl (C=O) groups is 2. The molecule has 1 aliphatic carbocycles. The van der Waals surface area contributed by atoms with E-state index in [2.05, 4.69) is 5.32 Å². The fraction of sp³-hybridized carbons (Fsp3) is 0.0476. The number of anilines is 1. The lowest BCUT2D eigenvalue weighted by molar-refractivity contribution is 0.0979. The minimum absolute atomic E-state index is 0.142. The number of phenols is 1. The molecule has 3 aromatic rings. The summed E-state index contributed by atoms with van der Waals surface area (Å²) in [6, 6.07) is 19.1. The molecule has 0 saturated carbocycles. The Kier molecular flexibility index (Phi) is 3.58. The number of rotatable bonds is 3. The van der Waals surface area contributed by atoms with Gasteiger partial charge in [-0.25, -0.2) is 0 Å². The number of carbonyl (C=O) groups excluding carboxylic acids is 2. The number of ketones is 2. The van der Waals surface area contributed by atoms with Crippen LogP contribution in [0.5, 0.6) is 5.75 Å². The van der Waals surface area contributed by atoms with Gasteiger partial charge in [0.1, 0.15) is 5.75 Å². The largest absolute Gasteiger partial charge is 0.508 e. The smallest absolute Gasteiger partial charge is 0.196 e.